The SMILES string of the molecule is C/C=C/c1cc([N+](=O)[O-])ccc1OCc1ccccc1. The van der Waals surface area contributed by atoms with Crippen molar-refractivity contribution in [2.75, 3.05) is 0 Å². The molecule has 0 saturated heterocycles. The number of allylic oxidation sites excluding steroid dienone is 1. The molecule has 0 aliphatic rings. The Hall–Kier alpha value is -2.62. The number of non-ortho nitro benzene ring substituents is 1. The first-order chi connectivity index (χ1) is 9.70. The summed E-state index contributed by atoms with van der Waals surface area (Å²) < 4.78 is 5.74. The van der Waals surface area contributed by atoms with Gasteiger partial charge < -0.3 is 4.74 Å². The van der Waals surface area contributed by atoms with Crippen molar-refractivity contribution in [1.29, 1.82) is 0 Å². The summed E-state index contributed by atoms with van der Waals surface area (Å²) in [4.78, 5) is 10.4. The van der Waals surface area contributed by atoms with Crippen LogP contribution in [0.2, 0.25) is 0 Å². The molecule has 2 aromatic rings. The highest BCUT2D eigenvalue weighted by molar-refractivity contribution is 5.60. The fraction of sp³-hybridized carbons (Fsp3) is 0.125. The van der Waals surface area contributed by atoms with Crippen molar-refractivity contribution in [1.82, 2.24) is 0 Å². The van der Waals surface area contributed by atoms with Gasteiger partial charge in [-0.3, -0.25) is 10.1 Å². The Bertz CT molecular complexity index is 621. The lowest BCUT2D eigenvalue weighted by Crippen LogP contribution is -1.97. The van der Waals surface area contributed by atoms with Crippen LogP contribution in [0.4, 0.5) is 5.69 Å². The van der Waals surface area contributed by atoms with Gasteiger partial charge >= 0.3 is 0 Å². The van der Waals surface area contributed by atoms with Crippen molar-refractivity contribution in [2.45, 2.75) is 13.5 Å². The smallest absolute Gasteiger partial charge is 0.270 e. The maximum atomic E-state index is 10.8. The van der Waals surface area contributed by atoms with Crippen LogP contribution in [-0.2, 0) is 6.61 Å². The van der Waals surface area contributed by atoms with E-state index in [0.717, 1.165) is 5.56 Å². The van der Waals surface area contributed by atoms with Gasteiger partial charge in [0.05, 0.1) is 4.92 Å². The van der Waals surface area contributed by atoms with E-state index in [1.54, 1.807) is 12.1 Å². The lowest BCUT2D eigenvalue weighted by Gasteiger charge is -2.09. The Labute approximate surface area is 117 Å². The molecule has 0 fully saturated rings. The van der Waals surface area contributed by atoms with Gasteiger partial charge in [-0.25, -0.2) is 0 Å². The third-order valence-corrected chi connectivity index (χ3v) is 2.79. The molecule has 0 unspecified atom stereocenters. The van der Waals surface area contributed by atoms with Crippen molar-refractivity contribution >= 4 is 11.8 Å². The molecule has 0 heterocycles. The van der Waals surface area contributed by atoms with Gasteiger partial charge in [0, 0.05) is 17.7 Å². The lowest BCUT2D eigenvalue weighted by atomic mass is 10.1. The van der Waals surface area contributed by atoms with Gasteiger partial charge in [-0.2, -0.15) is 0 Å². The Morgan fingerprint density at radius 2 is 1.95 bits per heavy atom. The number of ether oxygens (including phenoxy) is 1. The number of hydrogen-bond acceptors (Lipinski definition) is 3. The van der Waals surface area contributed by atoms with Gasteiger partial charge in [-0.1, -0.05) is 42.5 Å². The number of nitro groups is 1. The zero-order valence-electron chi connectivity index (χ0n) is 11.2. The molecule has 0 aliphatic carbocycles. The Balaban J connectivity index is 2.20. The second-order valence-corrected chi connectivity index (χ2v) is 4.25. The summed E-state index contributed by atoms with van der Waals surface area (Å²) in [5.74, 6) is 0.637. The highest BCUT2D eigenvalue weighted by Gasteiger charge is 2.10. The Kier molecular flexibility index (Phi) is 4.50. The zero-order valence-corrected chi connectivity index (χ0v) is 11.2. The standard InChI is InChI=1S/C16H15NO3/c1-2-6-14-11-15(17(18)19)9-10-16(14)20-12-13-7-4-3-5-8-13/h2-11H,12H2,1H3/b6-2+. The molecule has 0 saturated carbocycles. The molecule has 0 bridgehead atoms. The largest absolute Gasteiger partial charge is 0.488 e. The molecule has 0 amide bonds. The van der Waals surface area contributed by atoms with Crippen molar-refractivity contribution in [2.24, 2.45) is 0 Å². The average Bonchev–Trinajstić information content (AvgIpc) is 2.47. The van der Waals surface area contributed by atoms with Crippen molar-refractivity contribution < 1.29 is 9.66 Å². The summed E-state index contributed by atoms with van der Waals surface area (Å²) in [5.41, 5.74) is 1.82. The first-order valence-corrected chi connectivity index (χ1v) is 6.28. The first-order valence-electron chi connectivity index (χ1n) is 6.28. The maximum Gasteiger partial charge on any atom is 0.270 e. The van der Waals surface area contributed by atoms with Crippen molar-refractivity contribution in [3.05, 3.63) is 75.8 Å². The Morgan fingerprint density at radius 3 is 2.60 bits per heavy atom. The first kappa shape index (κ1) is 13.8. The van der Waals surface area contributed by atoms with Crippen LogP contribution in [0.3, 0.4) is 0 Å². The van der Waals surface area contributed by atoms with Gasteiger partial charge in [0.2, 0.25) is 0 Å². The number of rotatable bonds is 5. The summed E-state index contributed by atoms with van der Waals surface area (Å²) in [6, 6.07) is 14.4. The summed E-state index contributed by atoms with van der Waals surface area (Å²) in [7, 11) is 0. The van der Waals surface area contributed by atoms with E-state index >= 15 is 0 Å². The van der Waals surface area contributed by atoms with E-state index in [1.165, 1.54) is 12.1 Å². The van der Waals surface area contributed by atoms with E-state index in [1.807, 2.05) is 43.3 Å². The minimum atomic E-state index is -0.409. The second kappa shape index (κ2) is 6.52. The van der Waals surface area contributed by atoms with Crippen LogP contribution in [0, 0.1) is 10.1 Å². The normalized spacial score (nSPS) is 10.7. The molecule has 4 nitrogen and oxygen atoms in total. The summed E-state index contributed by atoms with van der Waals surface area (Å²) in [6.07, 6.45) is 3.63. The maximum absolute atomic E-state index is 10.8. The van der Waals surface area contributed by atoms with E-state index in [2.05, 4.69) is 0 Å². The highest BCUT2D eigenvalue weighted by atomic mass is 16.6. The molecule has 102 valence electrons. The minimum Gasteiger partial charge on any atom is -0.488 e. The molecule has 2 rings (SSSR count). The summed E-state index contributed by atoms with van der Waals surface area (Å²) in [6.45, 7) is 2.29. The molecule has 0 aromatic heterocycles. The summed E-state index contributed by atoms with van der Waals surface area (Å²) in [5, 5.41) is 10.8. The molecule has 4 heteroatoms. The van der Waals surface area contributed by atoms with Gasteiger partial charge in [0.1, 0.15) is 12.4 Å². The fourth-order valence-electron chi connectivity index (χ4n) is 1.83. The lowest BCUT2D eigenvalue weighted by molar-refractivity contribution is -0.384. The molecule has 0 radical (unpaired) electrons. The van der Waals surface area contributed by atoms with Crippen molar-refractivity contribution in [3.63, 3.8) is 0 Å². The molecule has 0 spiro atoms. The molecule has 2 aromatic carbocycles. The monoisotopic (exact) mass is 269 g/mol. The van der Waals surface area contributed by atoms with E-state index < -0.39 is 4.92 Å². The van der Waals surface area contributed by atoms with Gasteiger partial charge in [-0.05, 0) is 18.6 Å². The fourth-order valence-corrected chi connectivity index (χ4v) is 1.83. The van der Waals surface area contributed by atoms with Crippen LogP contribution in [0.5, 0.6) is 5.75 Å². The zero-order chi connectivity index (χ0) is 14.4. The van der Waals surface area contributed by atoms with Crippen LogP contribution in [-0.4, -0.2) is 4.92 Å². The minimum absolute atomic E-state index is 0.0603. The molecule has 0 atom stereocenters. The third kappa shape index (κ3) is 3.45. The predicted molar refractivity (Wildman–Crippen MR) is 78.6 cm³/mol. The molecular weight excluding hydrogens is 254 g/mol. The second-order valence-electron chi connectivity index (χ2n) is 4.25. The van der Waals surface area contributed by atoms with Crippen LogP contribution in [0.15, 0.2) is 54.6 Å². The predicted octanol–water partition coefficient (Wildman–Crippen LogP) is 4.21. The van der Waals surface area contributed by atoms with E-state index in [4.69, 9.17) is 4.74 Å². The van der Waals surface area contributed by atoms with E-state index in [-0.39, 0.29) is 5.69 Å². The van der Waals surface area contributed by atoms with Crippen LogP contribution >= 0.6 is 0 Å². The molecule has 20 heavy (non-hydrogen) atoms. The number of nitrogens with zero attached hydrogens (tertiary/aromatic N) is 1. The summed E-state index contributed by atoms with van der Waals surface area (Å²) >= 11 is 0. The number of benzene rings is 2. The third-order valence-electron chi connectivity index (χ3n) is 2.79. The van der Waals surface area contributed by atoms with Crippen LogP contribution in [0.1, 0.15) is 18.1 Å². The molecule has 0 N–H and O–H groups in total. The van der Waals surface area contributed by atoms with Gasteiger partial charge in [0.15, 0.2) is 0 Å². The Morgan fingerprint density at radius 1 is 1.20 bits per heavy atom. The van der Waals surface area contributed by atoms with Crippen LogP contribution in [0.25, 0.3) is 6.08 Å². The molecule has 0 aliphatic heterocycles. The molecular formula is C16H15NO3. The van der Waals surface area contributed by atoms with Gasteiger partial charge in [0.25, 0.3) is 5.69 Å². The van der Waals surface area contributed by atoms with Crippen molar-refractivity contribution in [3.8, 4) is 5.75 Å². The van der Waals surface area contributed by atoms with E-state index in [0.29, 0.717) is 17.9 Å². The van der Waals surface area contributed by atoms with Gasteiger partial charge in [-0.15, -0.1) is 0 Å². The highest BCUT2D eigenvalue weighted by Crippen LogP contribution is 2.26. The number of nitro benzene ring substituents is 1. The quantitative estimate of drug-likeness (QED) is 0.603. The average molecular weight is 269 g/mol. The number of hydrogen-bond donors (Lipinski definition) is 0. The van der Waals surface area contributed by atoms with E-state index in [9.17, 15) is 10.1 Å². The topological polar surface area (TPSA) is 52.4 Å². The van der Waals surface area contributed by atoms with Crippen LogP contribution < -0.4 is 4.74 Å².